The van der Waals surface area contributed by atoms with Crippen LogP contribution >= 0.6 is 40.7 Å². The Bertz CT molecular complexity index is 477. The number of piperazine rings is 1. The van der Waals surface area contributed by atoms with E-state index in [9.17, 15) is 0 Å². The van der Waals surface area contributed by atoms with E-state index in [4.69, 9.17) is 9.47 Å². The Labute approximate surface area is 165 Å². The number of hydrogen-bond acceptors (Lipinski definition) is 4. The van der Waals surface area contributed by atoms with Gasteiger partial charge >= 0.3 is 0 Å². The molecule has 0 bridgehead atoms. The lowest BCUT2D eigenvalue weighted by Crippen LogP contribution is -2.47. The molecule has 2 aliphatic heterocycles. The molecule has 1 aromatic rings. The van der Waals surface area contributed by atoms with E-state index in [-0.39, 0.29) is 24.8 Å². The zero-order chi connectivity index (χ0) is 15.4. The summed E-state index contributed by atoms with van der Waals surface area (Å²) in [5, 5.41) is 3.46. The Balaban J connectivity index is 0.00000144. The first-order chi connectivity index (χ1) is 10.8. The van der Waals surface area contributed by atoms with Crippen molar-refractivity contribution < 1.29 is 9.47 Å². The SMILES string of the molecule is COc1ccc(Br)c([C@@H](C2CCOCC2)N2CCNCC2)c1.Cl.Cl. The van der Waals surface area contributed by atoms with E-state index in [1.165, 1.54) is 10.0 Å². The molecule has 0 aliphatic carbocycles. The average Bonchev–Trinajstić information content (AvgIpc) is 2.59. The minimum atomic E-state index is 0. The first kappa shape index (κ1) is 22.0. The Morgan fingerprint density at radius 3 is 2.50 bits per heavy atom. The van der Waals surface area contributed by atoms with Gasteiger partial charge in [0.15, 0.2) is 0 Å². The largest absolute Gasteiger partial charge is 0.497 e. The second-order valence-electron chi connectivity index (χ2n) is 6.07. The lowest BCUT2D eigenvalue weighted by atomic mass is 9.85. The molecule has 2 heterocycles. The maximum atomic E-state index is 5.58. The smallest absolute Gasteiger partial charge is 0.119 e. The van der Waals surface area contributed by atoms with Gasteiger partial charge in [0, 0.05) is 49.9 Å². The number of hydrogen-bond donors (Lipinski definition) is 1. The molecule has 4 nitrogen and oxygen atoms in total. The highest BCUT2D eigenvalue weighted by Crippen LogP contribution is 2.39. The number of benzene rings is 1. The van der Waals surface area contributed by atoms with E-state index >= 15 is 0 Å². The maximum absolute atomic E-state index is 5.58. The number of ether oxygens (including phenoxy) is 2. The molecule has 2 fully saturated rings. The van der Waals surface area contributed by atoms with Crippen LogP contribution in [0, 0.1) is 5.92 Å². The zero-order valence-electron chi connectivity index (χ0n) is 14.0. The standard InChI is InChI=1S/C17H25BrN2O2.2ClH/c1-21-14-2-3-16(18)15(12-14)17(13-4-10-22-11-5-13)20-8-6-19-7-9-20;;/h2-3,12-13,17,19H,4-11H2,1H3;2*1H/t17-;;/m1../s1. The molecule has 0 unspecified atom stereocenters. The molecule has 0 saturated carbocycles. The highest BCUT2D eigenvalue weighted by atomic mass is 79.9. The first-order valence-electron chi connectivity index (χ1n) is 8.15. The van der Waals surface area contributed by atoms with Gasteiger partial charge in [-0.2, -0.15) is 0 Å². The molecule has 24 heavy (non-hydrogen) atoms. The predicted octanol–water partition coefficient (Wildman–Crippen LogP) is 3.67. The third-order valence-electron chi connectivity index (χ3n) is 4.78. The molecule has 1 N–H and O–H groups in total. The lowest BCUT2D eigenvalue weighted by Gasteiger charge is -2.41. The van der Waals surface area contributed by atoms with Crippen molar-refractivity contribution in [2.24, 2.45) is 5.92 Å². The highest BCUT2D eigenvalue weighted by Gasteiger charge is 2.32. The van der Waals surface area contributed by atoms with E-state index in [0.29, 0.717) is 12.0 Å². The van der Waals surface area contributed by atoms with Crippen molar-refractivity contribution in [3.8, 4) is 5.75 Å². The third kappa shape index (κ3) is 5.23. The second kappa shape index (κ2) is 10.8. The van der Waals surface area contributed by atoms with Crippen LogP contribution in [0.5, 0.6) is 5.75 Å². The number of methoxy groups -OCH3 is 1. The number of rotatable bonds is 4. The molecular weight excluding hydrogens is 415 g/mol. The molecule has 1 atom stereocenters. The lowest BCUT2D eigenvalue weighted by molar-refractivity contribution is 0.0210. The van der Waals surface area contributed by atoms with Crippen molar-refractivity contribution >= 4 is 40.7 Å². The second-order valence-corrected chi connectivity index (χ2v) is 6.92. The molecule has 7 heteroatoms. The van der Waals surface area contributed by atoms with Crippen LogP contribution in [0.2, 0.25) is 0 Å². The van der Waals surface area contributed by atoms with Gasteiger partial charge in [-0.15, -0.1) is 24.8 Å². The van der Waals surface area contributed by atoms with Gasteiger partial charge in [0.1, 0.15) is 5.75 Å². The minimum Gasteiger partial charge on any atom is -0.497 e. The molecule has 0 radical (unpaired) electrons. The summed E-state index contributed by atoms with van der Waals surface area (Å²) in [5.41, 5.74) is 1.35. The molecule has 2 aliphatic rings. The van der Waals surface area contributed by atoms with Crippen LogP contribution in [0.25, 0.3) is 0 Å². The number of halogens is 3. The van der Waals surface area contributed by atoms with E-state index in [1.54, 1.807) is 7.11 Å². The first-order valence-corrected chi connectivity index (χ1v) is 8.95. The monoisotopic (exact) mass is 440 g/mol. The van der Waals surface area contributed by atoms with Gasteiger partial charge in [-0.25, -0.2) is 0 Å². The summed E-state index contributed by atoms with van der Waals surface area (Å²) < 4.78 is 12.2. The summed E-state index contributed by atoms with van der Waals surface area (Å²) >= 11 is 3.76. The van der Waals surface area contributed by atoms with Gasteiger partial charge in [-0.1, -0.05) is 15.9 Å². The summed E-state index contributed by atoms with van der Waals surface area (Å²) in [4.78, 5) is 2.63. The van der Waals surface area contributed by atoms with Crippen molar-refractivity contribution in [2.45, 2.75) is 18.9 Å². The van der Waals surface area contributed by atoms with Gasteiger partial charge in [0.25, 0.3) is 0 Å². The van der Waals surface area contributed by atoms with Crippen LogP contribution in [0.15, 0.2) is 22.7 Å². The molecule has 138 valence electrons. The van der Waals surface area contributed by atoms with Crippen molar-refractivity contribution in [1.29, 1.82) is 0 Å². The predicted molar refractivity (Wildman–Crippen MR) is 106 cm³/mol. The van der Waals surface area contributed by atoms with Gasteiger partial charge in [-0.05, 0) is 42.5 Å². The van der Waals surface area contributed by atoms with Crippen LogP contribution in [-0.4, -0.2) is 51.4 Å². The normalized spacial score (nSPS) is 20.6. The molecule has 0 aromatic heterocycles. The van der Waals surface area contributed by atoms with Crippen molar-refractivity contribution in [3.05, 3.63) is 28.2 Å². The Morgan fingerprint density at radius 1 is 1.21 bits per heavy atom. The van der Waals surface area contributed by atoms with Crippen molar-refractivity contribution in [1.82, 2.24) is 10.2 Å². The Morgan fingerprint density at radius 2 is 1.88 bits per heavy atom. The van der Waals surface area contributed by atoms with Crippen LogP contribution in [0.4, 0.5) is 0 Å². The molecule has 2 saturated heterocycles. The average molecular weight is 442 g/mol. The van der Waals surface area contributed by atoms with Crippen molar-refractivity contribution in [2.75, 3.05) is 46.5 Å². The molecule has 3 rings (SSSR count). The summed E-state index contributed by atoms with van der Waals surface area (Å²) in [6.45, 7) is 6.11. The van der Waals surface area contributed by atoms with Crippen LogP contribution < -0.4 is 10.1 Å². The van der Waals surface area contributed by atoms with Gasteiger partial charge in [-0.3, -0.25) is 4.90 Å². The summed E-state index contributed by atoms with van der Waals surface area (Å²) in [6.07, 6.45) is 2.27. The Hall–Kier alpha value is -0.0400. The van der Waals surface area contributed by atoms with Crippen LogP contribution in [0.1, 0.15) is 24.4 Å². The van der Waals surface area contributed by atoms with Crippen LogP contribution in [0.3, 0.4) is 0 Å². The quantitative estimate of drug-likeness (QED) is 0.772. The van der Waals surface area contributed by atoms with E-state index in [0.717, 1.165) is 58.0 Å². The minimum absolute atomic E-state index is 0. The molecule has 1 aromatic carbocycles. The summed E-state index contributed by atoms with van der Waals surface area (Å²) in [7, 11) is 1.74. The molecule has 0 amide bonds. The Kier molecular flexibility index (Phi) is 9.94. The van der Waals surface area contributed by atoms with Crippen molar-refractivity contribution in [3.63, 3.8) is 0 Å². The van der Waals surface area contributed by atoms with Gasteiger partial charge < -0.3 is 14.8 Å². The fourth-order valence-electron chi connectivity index (χ4n) is 3.62. The fraction of sp³-hybridized carbons (Fsp3) is 0.647. The fourth-order valence-corrected chi connectivity index (χ4v) is 4.10. The zero-order valence-corrected chi connectivity index (χ0v) is 17.2. The third-order valence-corrected chi connectivity index (χ3v) is 5.50. The topological polar surface area (TPSA) is 33.7 Å². The maximum Gasteiger partial charge on any atom is 0.119 e. The molecule has 0 spiro atoms. The van der Waals surface area contributed by atoms with E-state index in [2.05, 4.69) is 38.3 Å². The highest BCUT2D eigenvalue weighted by molar-refractivity contribution is 9.10. The van der Waals surface area contributed by atoms with Gasteiger partial charge in [0.2, 0.25) is 0 Å². The van der Waals surface area contributed by atoms with E-state index < -0.39 is 0 Å². The summed E-state index contributed by atoms with van der Waals surface area (Å²) in [6, 6.07) is 6.77. The summed E-state index contributed by atoms with van der Waals surface area (Å²) in [5.74, 6) is 1.58. The number of nitrogens with one attached hydrogen (secondary N) is 1. The van der Waals surface area contributed by atoms with Gasteiger partial charge in [0.05, 0.1) is 7.11 Å². The van der Waals surface area contributed by atoms with Crippen LogP contribution in [-0.2, 0) is 4.74 Å². The number of nitrogens with zero attached hydrogens (tertiary/aromatic N) is 1. The van der Waals surface area contributed by atoms with E-state index in [1.807, 2.05) is 6.07 Å². The molecular formula is C17H27BrCl2N2O2.